The van der Waals surface area contributed by atoms with Crippen molar-refractivity contribution in [3.05, 3.63) is 65.0 Å². The fraction of sp³-hybridized carbons (Fsp3) is 0.381. The Kier molecular flexibility index (Phi) is 6.18. The molecule has 0 heterocycles. The molecule has 2 aromatic rings. The molecule has 1 amide bonds. The van der Waals surface area contributed by atoms with Gasteiger partial charge in [0.25, 0.3) is 5.91 Å². The van der Waals surface area contributed by atoms with Gasteiger partial charge in [-0.2, -0.15) is 0 Å². The minimum absolute atomic E-state index is 0.126. The fourth-order valence-corrected chi connectivity index (χ4v) is 2.76. The quantitative estimate of drug-likeness (QED) is 0.794. The van der Waals surface area contributed by atoms with Crippen molar-refractivity contribution in [3.63, 3.8) is 0 Å². The van der Waals surface area contributed by atoms with Crippen LogP contribution in [-0.2, 0) is 0 Å². The van der Waals surface area contributed by atoms with E-state index in [-0.39, 0.29) is 29.2 Å². The number of amides is 1. The molecule has 134 valence electrons. The van der Waals surface area contributed by atoms with Gasteiger partial charge in [-0.15, -0.1) is 0 Å². The van der Waals surface area contributed by atoms with Crippen LogP contribution in [0.5, 0.6) is 5.75 Å². The van der Waals surface area contributed by atoms with E-state index < -0.39 is 5.82 Å². The zero-order valence-corrected chi connectivity index (χ0v) is 15.5. The Morgan fingerprint density at radius 3 is 2.08 bits per heavy atom. The molecule has 2 aromatic carbocycles. The van der Waals surface area contributed by atoms with E-state index >= 15 is 0 Å². The van der Waals surface area contributed by atoms with Crippen LogP contribution in [0.3, 0.4) is 0 Å². The van der Waals surface area contributed by atoms with E-state index in [1.54, 1.807) is 6.07 Å². The number of ether oxygens (including phenoxy) is 1. The topological polar surface area (TPSA) is 38.3 Å². The molecule has 0 aliphatic carbocycles. The molecule has 0 aliphatic rings. The number of nitrogens with one attached hydrogen (secondary N) is 1. The minimum Gasteiger partial charge on any atom is -0.494 e. The van der Waals surface area contributed by atoms with E-state index in [2.05, 4.69) is 57.3 Å². The summed E-state index contributed by atoms with van der Waals surface area (Å²) in [6.45, 7) is 8.40. The van der Waals surface area contributed by atoms with Gasteiger partial charge in [-0.25, -0.2) is 4.39 Å². The largest absolute Gasteiger partial charge is 0.494 e. The number of benzene rings is 2. The van der Waals surface area contributed by atoms with E-state index in [1.807, 2.05) is 0 Å². The van der Waals surface area contributed by atoms with E-state index in [9.17, 15) is 9.18 Å². The molecule has 0 spiro atoms. The van der Waals surface area contributed by atoms with Gasteiger partial charge < -0.3 is 10.1 Å². The summed E-state index contributed by atoms with van der Waals surface area (Å²) in [5.41, 5.74) is 2.58. The zero-order chi connectivity index (χ0) is 18.6. The average molecular weight is 343 g/mol. The van der Waals surface area contributed by atoms with Crippen molar-refractivity contribution >= 4 is 5.91 Å². The van der Waals surface area contributed by atoms with Crippen LogP contribution in [0.1, 0.15) is 61.1 Å². The molecule has 1 atom stereocenters. The normalized spacial score (nSPS) is 12.3. The van der Waals surface area contributed by atoms with Gasteiger partial charge in [-0.1, -0.05) is 52.0 Å². The van der Waals surface area contributed by atoms with Crippen molar-refractivity contribution in [1.29, 1.82) is 0 Å². The molecule has 2 rings (SSSR count). The molecule has 0 aromatic heterocycles. The van der Waals surface area contributed by atoms with Crippen LogP contribution in [0.4, 0.5) is 4.39 Å². The lowest BCUT2D eigenvalue weighted by atomic mass is 9.93. The first kappa shape index (κ1) is 19.0. The summed E-state index contributed by atoms with van der Waals surface area (Å²) in [6, 6.07) is 12.4. The van der Waals surface area contributed by atoms with Crippen LogP contribution in [0.2, 0.25) is 0 Å². The summed E-state index contributed by atoms with van der Waals surface area (Å²) < 4.78 is 18.7. The molecular weight excluding hydrogens is 317 g/mol. The summed E-state index contributed by atoms with van der Waals surface area (Å²) in [5, 5.41) is 3.02. The van der Waals surface area contributed by atoms with Crippen LogP contribution in [0.15, 0.2) is 42.5 Å². The van der Waals surface area contributed by atoms with Gasteiger partial charge in [0, 0.05) is 5.56 Å². The van der Waals surface area contributed by atoms with Gasteiger partial charge in [0.2, 0.25) is 0 Å². The lowest BCUT2D eigenvalue weighted by Crippen LogP contribution is -2.31. The van der Waals surface area contributed by atoms with Crippen molar-refractivity contribution in [2.24, 2.45) is 5.92 Å². The minimum atomic E-state index is -0.544. The second-order valence-corrected chi connectivity index (χ2v) is 6.87. The zero-order valence-electron chi connectivity index (χ0n) is 15.5. The van der Waals surface area contributed by atoms with Crippen molar-refractivity contribution in [2.45, 2.75) is 39.7 Å². The van der Waals surface area contributed by atoms with Gasteiger partial charge in [0.1, 0.15) is 0 Å². The monoisotopic (exact) mass is 343 g/mol. The van der Waals surface area contributed by atoms with E-state index in [0.717, 1.165) is 5.56 Å². The Morgan fingerprint density at radius 2 is 1.60 bits per heavy atom. The van der Waals surface area contributed by atoms with Gasteiger partial charge in [-0.3, -0.25) is 4.79 Å². The molecule has 0 bridgehead atoms. The number of halogens is 1. The Balaban J connectivity index is 2.21. The van der Waals surface area contributed by atoms with Crippen LogP contribution in [0.25, 0.3) is 0 Å². The Morgan fingerprint density at radius 1 is 1.00 bits per heavy atom. The molecule has 0 aliphatic heterocycles. The maximum atomic E-state index is 13.8. The van der Waals surface area contributed by atoms with Crippen molar-refractivity contribution < 1.29 is 13.9 Å². The molecule has 3 nitrogen and oxygen atoms in total. The maximum Gasteiger partial charge on any atom is 0.251 e. The number of hydrogen-bond donors (Lipinski definition) is 1. The number of rotatable bonds is 6. The van der Waals surface area contributed by atoms with Crippen LogP contribution >= 0.6 is 0 Å². The summed E-state index contributed by atoms with van der Waals surface area (Å²) in [7, 11) is 1.40. The first-order valence-corrected chi connectivity index (χ1v) is 8.57. The van der Waals surface area contributed by atoms with Crippen LogP contribution < -0.4 is 10.1 Å². The predicted octanol–water partition coefficient (Wildman–Crippen LogP) is 5.08. The van der Waals surface area contributed by atoms with Crippen LogP contribution in [-0.4, -0.2) is 13.0 Å². The highest BCUT2D eigenvalue weighted by Gasteiger charge is 2.20. The molecule has 0 saturated carbocycles. The highest BCUT2D eigenvalue weighted by Crippen LogP contribution is 2.25. The standard InChI is InChI=1S/C21H26FNO2/c1-13(2)15-6-8-16(9-7-15)20(14(3)4)23-21(24)17-10-11-19(25-5)18(22)12-17/h6-14,20H,1-5H3,(H,23,24). The van der Waals surface area contributed by atoms with E-state index in [0.29, 0.717) is 5.92 Å². The number of hydrogen-bond acceptors (Lipinski definition) is 2. The third kappa shape index (κ3) is 4.59. The second kappa shape index (κ2) is 8.15. The first-order valence-electron chi connectivity index (χ1n) is 8.57. The molecule has 4 heteroatoms. The van der Waals surface area contributed by atoms with Crippen molar-refractivity contribution in [3.8, 4) is 5.75 Å². The van der Waals surface area contributed by atoms with Crippen molar-refractivity contribution in [2.75, 3.05) is 7.11 Å². The highest BCUT2D eigenvalue weighted by atomic mass is 19.1. The Hall–Kier alpha value is -2.36. The number of methoxy groups -OCH3 is 1. The lowest BCUT2D eigenvalue weighted by molar-refractivity contribution is 0.0925. The molecule has 0 radical (unpaired) electrons. The summed E-state index contributed by atoms with van der Waals surface area (Å²) >= 11 is 0. The molecule has 0 fully saturated rings. The average Bonchev–Trinajstić information content (AvgIpc) is 2.59. The van der Waals surface area contributed by atoms with Gasteiger partial charge >= 0.3 is 0 Å². The lowest BCUT2D eigenvalue weighted by Gasteiger charge is -2.23. The third-order valence-electron chi connectivity index (χ3n) is 4.33. The Labute approximate surface area is 149 Å². The first-order chi connectivity index (χ1) is 11.8. The SMILES string of the molecule is COc1ccc(C(=O)NC(c2ccc(C(C)C)cc2)C(C)C)cc1F. The summed E-state index contributed by atoms with van der Waals surface area (Å²) in [6.07, 6.45) is 0. The Bertz CT molecular complexity index is 723. The van der Waals surface area contributed by atoms with Gasteiger partial charge in [-0.05, 0) is 41.2 Å². The predicted molar refractivity (Wildman–Crippen MR) is 98.5 cm³/mol. The highest BCUT2D eigenvalue weighted by molar-refractivity contribution is 5.94. The molecular formula is C21H26FNO2. The van der Waals surface area contributed by atoms with Crippen molar-refractivity contribution in [1.82, 2.24) is 5.32 Å². The molecule has 1 unspecified atom stereocenters. The number of carbonyl (C=O) groups excluding carboxylic acids is 1. The van der Waals surface area contributed by atoms with Crippen LogP contribution in [0, 0.1) is 11.7 Å². The smallest absolute Gasteiger partial charge is 0.251 e. The third-order valence-corrected chi connectivity index (χ3v) is 4.33. The van der Waals surface area contributed by atoms with Gasteiger partial charge in [0.05, 0.1) is 13.2 Å². The molecule has 1 N–H and O–H groups in total. The summed E-state index contributed by atoms with van der Waals surface area (Å²) in [4.78, 5) is 12.5. The molecule has 0 saturated heterocycles. The van der Waals surface area contributed by atoms with E-state index in [4.69, 9.17) is 4.74 Å². The fourth-order valence-electron chi connectivity index (χ4n) is 2.76. The van der Waals surface area contributed by atoms with E-state index in [1.165, 1.54) is 24.8 Å². The second-order valence-electron chi connectivity index (χ2n) is 6.87. The molecule has 25 heavy (non-hydrogen) atoms. The summed E-state index contributed by atoms with van der Waals surface area (Å²) in [5.74, 6) is -0.0488. The van der Waals surface area contributed by atoms with Gasteiger partial charge in [0.15, 0.2) is 11.6 Å². The maximum absolute atomic E-state index is 13.8. The number of carbonyl (C=O) groups is 1.